The molecule has 0 spiro atoms. The van der Waals surface area contributed by atoms with Crippen LogP contribution in [0.3, 0.4) is 0 Å². The Morgan fingerprint density at radius 2 is 1.71 bits per heavy atom. The van der Waals surface area contributed by atoms with Gasteiger partial charge in [0.25, 0.3) is 5.91 Å². The van der Waals surface area contributed by atoms with Gasteiger partial charge < -0.3 is 25.0 Å². The van der Waals surface area contributed by atoms with Crippen LogP contribution in [-0.4, -0.2) is 71.2 Å². The summed E-state index contributed by atoms with van der Waals surface area (Å²) in [6.07, 6.45) is 6.90. The van der Waals surface area contributed by atoms with Gasteiger partial charge in [0.2, 0.25) is 0 Å². The molecule has 3 aromatic rings. The van der Waals surface area contributed by atoms with Crippen LogP contribution in [0.5, 0.6) is 5.75 Å². The number of nitrogens with zero attached hydrogens (tertiary/aromatic N) is 2. The van der Waals surface area contributed by atoms with E-state index in [-0.39, 0.29) is 12.5 Å². The molecule has 0 radical (unpaired) electrons. The van der Waals surface area contributed by atoms with Crippen LogP contribution in [-0.2, 0) is 13.1 Å². The van der Waals surface area contributed by atoms with Gasteiger partial charge in [-0.05, 0) is 81.7 Å². The van der Waals surface area contributed by atoms with Crippen molar-refractivity contribution in [1.82, 2.24) is 20.1 Å². The number of hydrogen-bond acceptors (Lipinski definition) is 5. The monoisotopic (exact) mass is 536 g/mol. The van der Waals surface area contributed by atoms with Gasteiger partial charge in [-0.1, -0.05) is 30.5 Å². The molecule has 0 aliphatic carbocycles. The number of carbonyl (C=O) groups excluding carboxylic acids is 1. The topological polar surface area (TPSA) is 80.8 Å². The van der Waals surface area contributed by atoms with E-state index < -0.39 is 6.10 Å². The molecule has 6 rings (SSSR count). The molecule has 3 N–H and O–H groups in total. The Kier molecular flexibility index (Phi) is 7.61. The zero-order valence-corrected chi connectivity index (χ0v) is 22.7. The molecule has 4 heterocycles. The molecule has 38 heavy (non-hydrogen) atoms. The number of aliphatic hydroxyl groups excluding tert-OH is 1. The number of β-amino-alcohol motifs (C(OH)–C–C–N with tert-alkyl or cyclic N) is 1. The fourth-order valence-corrected chi connectivity index (χ4v) is 6.44. The van der Waals surface area contributed by atoms with Crippen LogP contribution in [0.4, 0.5) is 0 Å². The number of benzene rings is 2. The SMILES string of the molecule is O=C1NCc2c(Cl)c(OCC(O)CN3CCCCC3)cc(-c3cc4cc(CN5CCCCC5)ccc4[nH]3)c21. The van der Waals surface area contributed by atoms with E-state index in [0.29, 0.717) is 29.4 Å². The van der Waals surface area contributed by atoms with Crippen LogP contribution < -0.4 is 10.1 Å². The third-order valence-electron chi connectivity index (χ3n) is 8.16. The minimum absolute atomic E-state index is 0.127. The number of amides is 1. The van der Waals surface area contributed by atoms with Gasteiger partial charge in [-0.2, -0.15) is 0 Å². The van der Waals surface area contributed by atoms with Crippen molar-refractivity contribution in [3.8, 4) is 17.0 Å². The molecule has 1 atom stereocenters. The van der Waals surface area contributed by atoms with E-state index in [1.54, 1.807) is 0 Å². The minimum Gasteiger partial charge on any atom is -0.489 e. The summed E-state index contributed by atoms with van der Waals surface area (Å²) in [6, 6.07) is 10.5. The number of nitrogens with one attached hydrogen (secondary N) is 2. The Morgan fingerprint density at radius 3 is 2.47 bits per heavy atom. The highest BCUT2D eigenvalue weighted by Crippen LogP contribution is 2.41. The summed E-state index contributed by atoms with van der Waals surface area (Å²) in [5.41, 5.74) is 5.31. The van der Waals surface area contributed by atoms with Crippen molar-refractivity contribution in [1.29, 1.82) is 0 Å². The normalized spacial score (nSPS) is 19.5. The minimum atomic E-state index is -0.605. The highest BCUT2D eigenvalue weighted by Gasteiger charge is 2.29. The number of carbonyl (C=O) groups is 1. The lowest BCUT2D eigenvalue weighted by Gasteiger charge is -2.28. The van der Waals surface area contributed by atoms with Crippen molar-refractivity contribution in [3.63, 3.8) is 0 Å². The van der Waals surface area contributed by atoms with Crippen LogP contribution in [0.25, 0.3) is 22.2 Å². The number of halogens is 1. The molecular formula is C30H37ClN4O3. The maximum atomic E-state index is 12.8. The molecule has 1 aromatic heterocycles. The predicted molar refractivity (Wildman–Crippen MR) is 151 cm³/mol. The Morgan fingerprint density at radius 1 is 0.974 bits per heavy atom. The number of H-pyrrole nitrogens is 1. The van der Waals surface area contributed by atoms with Crippen molar-refractivity contribution < 1.29 is 14.6 Å². The molecule has 0 saturated carbocycles. The molecule has 3 aliphatic heterocycles. The van der Waals surface area contributed by atoms with E-state index >= 15 is 0 Å². The Bertz CT molecular complexity index is 1310. The number of piperidine rings is 2. The van der Waals surface area contributed by atoms with Crippen molar-refractivity contribution >= 4 is 28.4 Å². The number of fused-ring (bicyclic) bond motifs is 2. The predicted octanol–water partition coefficient (Wildman–Crippen LogP) is 4.94. The van der Waals surface area contributed by atoms with Crippen molar-refractivity contribution in [2.24, 2.45) is 0 Å². The molecule has 2 fully saturated rings. The lowest BCUT2D eigenvalue weighted by Crippen LogP contribution is -2.38. The Labute approximate surface area is 229 Å². The molecule has 7 nitrogen and oxygen atoms in total. The largest absolute Gasteiger partial charge is 0.489 e. The Hall–Kier alpha value is -2.58. The summed E-state index contributed by atoms with van der Waals surface area (Å²) in [4.78, 5) is 21.2. The summed E-state index contributed by atoms with van der Waals surface area (Å²) in [5, 5.41) is 15.1. The average Bonchev–Trinajstić information content (AvgIpc) is 3.53. The summed E-state index contributed by atoms with van der Waals surface area (Å²) < 4.78 is 6.07. The van der Waals surface area contributed by atoms with Crippen molar-refractivity contribution in [2.45, 2.75) is 57.7 Å². The average molecular weight is 537 g/mol. The van der Waals surface area contributed by atoms with Gasteiger partial charge in [-0.15, -0.1) is 0 Å². The van der Waals surface area contributed by atoms with Crippen molar-refractivity contribution in [2.75, 3.05) is 39.3 Å². The quantitative estimate of drug-likeness (QED) is 0.380. The van der Waals surface area contributed by atoms with Gasteiger partial charge in [-0.25, -0.2) is 0 Å². The lowest BCUT2D eigenvalue weighted by molar-refractivity contribution is 0.0617. The molecule has 0 bridgehead atoms. The molecule has 2 saturated heterocycles. The molecule has 2 aromatic carbocycles. The summed E-state index contributed by atoms with van der Waals surface area (Å²) in [5.74, 6) is 0.372. The van der Waals surface area contributed by atoms with E-state index in [2.05, 4.69) is 44.4 Å². The highest BCUT2D eigenvalue weighted by molar-refractivity contribution is 6.34. The standard InChI is InChI=1S/C30H37ClN4O3/c31-29-24-16-32-30(37)28(24)23(15-27(29)38-19-22(36)18-35-11-5-2-6-12-35)26-14-21-13-20(7-8-25(21)33-26)17-34-9-3-1-4-10-34/h7-8,13-15,22,33,36H,1-6,9-12,16-19H2,(H,32,37). The molecule has 1 amide bonds. The first-order valence-corrected chi connectivity index (χ1v) is 14.4. The first kappa shape index (κ1) is 25.7. The second-order valence-electron chi connectivity index (χ2n) is 11.0. The fraction of sp³-hybridized carbons (Fsp3) is 0.500. The van der Waals surface area contributed by atoms with E-state index in [9.17, 15) is 9.90 Å². The maximum Gasteiger partial charge on any atom is 0.252 e. The molecule has 202 valence electrons. The molecule has 3 aliphatic rings. The first-order chi connectivity index (χ1) is 18.5. The maximum absolute atomic E-state index is 12.8. The summed E-state index contributed by atoms with van der Waals surface area (Å²) >= 11 is 6.72. The number of rotatable bonds is 8. The van der Waals surface area contributed by atoms with Crippen LogP contribution in [0, 0.1) is 0 Å². The second kappa shape index (κ2) is 11.3. The number of likely N-dealkylation sites (tertiary alicyclic amines) is 2. The zero-order chi connectivity index (χ0) is 26.1. The van der Waals surface area contributed by atoms with E-state index in [1.807, 2.05) is 6.07 Å². The van der Waals surface area contributed by atoms with Gasteiger partial charge in [0.1, 0.15) is 18.5 Å². The van der Waals surface area contributed by atoms with Crippen LogP contribution in [0.15, 0.2) is 30.3 Å². The molecular weight excluding hydrogens is 500 g/mol. The molecule has 1 unspecified atom stereocenters. The first-order valence-electron chi connectivity index (χ1n) is 14.1. The van der Waals surface area contributed by atoms with E-state index in [0.717, 1.165) is 60.4 Å². The van der Waals surface area contributed by atoms with Crippen molar-refractivity contribution in [3.05, 3.63) is 52.0 Å². The van der Waals surface area contributed by atoms with Gasteiger partial charge in [0.05, 0.1) is 10.6 Å². The highest BCUT2D eigenvalue weighted by atomic mass is 35.5. The fourth-order valence-electron chi connectivity index (χ4n) is 6.17. The van der Waals surface area contributed by atoms with Gasteiger partial charge in [0.15, 0.2) is 0 Å². The number of ether oxygens (including phenoxy) is 1. The zero-order valence-electron chi connectivity index (χ0n) is 21.9. The van der Waals surface area contributed by atoms with Crippen LogP contribution in [0.1, 0.15) is 60.0 Å². The number of aromatic amines is 1. The van der Waals surface area contributed by atoms with Gasteiger partial charge in [0, 0.05) is 47.4 Å². The number of aliphatic hydroxyl groups is 1. The number of hydrogen-bond donors (Lipinski definition) is 3. The Balaban J connectivity index is 1.25. The van der Waals surface area contributed by atoms with E-state index in [4.69, 9.17) is 16.3 Å². The third kappa shape index (κ3) is 5.43. The summed E-state index contributed by atoms with van der Waals surface area (Å²) in [6.45, 7) is 6.46. The van der Waals surface area contributed by atoms with Crippen LogP contribution in [0.2, 0.25) is 5.02 Å². The number of aromatic nitrogens is 1. The smallest absolute Gasteiger partial charge is 0.252 e. The lowest BCUT2D eigenvalue weighted by atomic mass is 9.99. The second-order valence-corrected chi connectivity index (χ2v) is 11.4. The third-order valence-corrected chi connectivity index (χ3v) is 8.57. The van der Waals surface area contributed by atoms with Gasteiger partial charge in [-0.3, -0.25) is 9.69 Å². The molecule has 8 heteroatoms. The summed E-state index contributed by atoms with van der Waals surface area (Å²) in [7, 11) is 0. The van der Waals surface area contributed by atoms with Crippen LogP contribution >= 0.6 is 11.6 Å². The van der Waals surface area contributed by atoms with E-state index in [1.165, 1.54) is 44.1 Å². The van der Waals surface area contributed by atoms with Gasteiger partial charge >= 0.3 is 0 Å².